The lowest BCUT2D eigenvalue weighted by Crippen LogP contribution is -2.37. The predicted octanol–water partition coefficient (Wildman–Crippen LogP) is 0.186. The van der Waals surface area contributed by atoms with Crippen LogP contribution in [0.5, 0.6) is 0 Å². The molecule has 0 radical (unpaired) electrons. The minimum atomic E-state index is -3.07. The van der Waals surface area contributed by atoms with Gasteiger partial charge in [-0.1, -0.05) is 6.92 Å². The van der Waals surface area contributed by atoms with Gasteiger partial charge in [0.2, 0.25) is 10.0 Å². The quantitative estimate of drug-likeness (QED) is 0.669. The van der Waals surface area contributed by atoms with Crippen LogP contribution in [-0.4, -0.2) is 61.5 Å². The van der Waals surface area contributed by atoms with Crippen molar-refractivity contribution in [3.05, 3.63) is 12.3 Å². The van der Waals surface area contributed by atoms with E-state index < -0.39 is 10.0 Å². The molecule has 0 saturated heterocycles. The molecule has 1 aliphatic heterocycles. The van der Waals surface area contributed by atoms with Crippen LogP contribution in [0.4, 0.5) is 5.82 Å². The van der Waals surface area contributed by atoms with Gasteiger partial charge in [-0.05, 0) is 13.0 Å². The van der Waals surface area contributed by atoms with Crippen LogP contribution in [0.3, 0.4) is 0 Å². The maximum Gasteiger partial charge on any atom is 0.211 e. The van der Waals surface area contributed by atoms with Crippen LogP contribution in [0.1, 0.15) is 13.3 Å². The van der Waals surface area contributed by atoms with Crippen molar-refractivity contribution in [2.45, 2.75) is 19.9 Å². The molecule has 8 heteroatoms. The fraction of sp³-hybridized carbons (Fsp3) is 0.769. The fourth-order valence-electron chi connectivity index (χ4n) is 2.57. The number of sulfonamides is 1. The van der Waals surface area contributed by atoms with Crippen molar-refractivity contribution in [1.82, 2.24) is 19.4 Å². The molecule has 1 atom stereocenters. The lowest BCUT2D eigenvalue weighted by Gasteiger charge is -2.25. The third kappa shape index (κ3) is 4.69. The fourth-order valence-corrected chi connectivity index (χ4v) is 3.50. The monoisotopic (exact) mass is 315 g/mol. The number of hydrogen-bond acceptors (Lipinski definition) is 5. The number of rotatable bonds is 8. The van der Waals surface area contributed by atoms with Crippen molar-refractivity contribution in [3.63, 3.8) is 0 Å². The van der Waals surface area contributed by atoms with Gasteiger partial charge in [-0.25, -0.2) is 17.4 Å². The van der Waals surface area contributed by atoms with Crippen LogP contribution in [0.15, 0.2) is 12.3 Å². The van der Waals surface area contributed by atoms with Crippen molar-refractivity contribution >= 4 is 15.8 Å². The van der Waals surface area contributed by atoms with Crippen LogP contribution in [0, 0.1) is 5.92 Å². The molecule has 7 nitrogen and oxygen atoms in total. The van der Waals surface area contributed by atoms with E-state index >= 15 is 0 Å². The van der Waals surface area contributed by atoms with Gasteiger partial charge in [0.25, 0.3) is 0 Å². The highest BCUT2D eigenvalue weighted by molar-refractivity contribution is 7.88. The van der Waals surface area contributed by atoms with Crippen LogP contribution in [-0.2, 0) is 16.6 Å². The summed E-state index contributed by atoms with van der Waals surface area (Å²) in [6.07, 6.45) is 3.90. The van der Waals surface area contributed by atoms with E-state index in [1.807, 2.05) is 23.9 Å². The Morgan fingerprint density at radius 1 is 1.57 bits per heavy atom. The van der Waals surface area contributed by atoms with E-state index in [1.165, 1.54) is 10.6 Å². The average Bonchev–Trinajstić information content (AvgIpc) is 2.88. The SMILES string of the molecule is CCN(CCCNCC1CNc2ccnn2C1)S(C)(=O)=O. The highest BCUT2D eigenvalue weighted by Crippen LogP contribution is 2.15. The summed E-state index contributed by atoms with van der Waals surface area (Å²) >= 11 is 0. The summed E-state index contributed by atoms with van der Waals surface area (Å²) in [6, 6.07) is 1.98. The van der Waals surface area contributed by atoms with Crippen molar-refractivity contribution in [2.24, 2.45) is 5.92 Å². The van der Waals surface area contributed by atoms with Gasteiger partial charge in [0.05, 0.1) is 12.5 Å². The molecular weight excluding hydrogens is 290 g/mol. The van der Waals surface area contributed by atoms with E-state index in [4.69, 9.17) is 0 Å². The smallest absolute Gasteiger partial charge is 0.211 e. The first kappa shape index (κ1) is 16.3. The molecule has 0 aromatic carbocycles. The van der Waals surface area contributed by atoms with Gasteiger partial charge in [0.1, 0.15) is 5.82 Å². The zero-order valence-corrected chi connectivity index (χ0v) is 13.6. The summed E-state index contributed by atoms with van der Waals surface area (Å²) in [4.78, 5) is 0. The standard InChI is InChI=1S/C13H25N5O2S/c1-3-17(21(2,19)20)8-4-6-14-9-12-10-15-13-5-7-16-18(13)11-12/h5,7,12,14-15H,3-4,6,8-11H2,1-2H3. The van der Waals surface area contributed by atoms with E-state index in [0.29, 0.717) is 19.0 Å². The van der Waals surface area contributed by atoms with E-state index in [0.717, 1.165) is 38.4 Å². The van der Waals surface area contributed by atoms with Crippen molar-refractivity contribution in [3.8, 4) is 0 Å². The van der Waals surface area contributed by atoms with Crippen molar-refractivity contribution < 1.29 is 8.42 Å². The zero-order chi connectivity index (χ0) is 15.3. The summed E-state index contributed by atoms with van der Waals surface area (Å²) in [5, 5.41) is 11.0. The molecule has 21 heavy (non-hydrogen) atoms. The summed E-state index contributed by atoms with van der Waals surface area (Å²) in [7, 11) is -3.07. The molecule has 0 spiro atoms. The third-order valence-electron chi connectivity index (χ3n) is 3.74. The molecule has 1 aromatic heterocycles. The molecular formula is C13H25N5O2S. The van der Waals surface area contributed by atoms with E-state index in [9.17, 15) is 8.42 Å². The first-order valence-corrected chi connectivity index (χ1v) is 9.27. The van der Waals surface area contributed by atoms with Crippen LogP contribution in [0.2, 0.25) is 0 Å². The second kappa shape index (κ2) is 7.24. The lowest BCUT2D eigenvalue weighted by atomic mass is 10.1. The molecule has 0 amide bonds. The molecule has 2 heterocycles. The molecule has 2 N–H and O–H groups in total. The number of fused-ring (bicyclic) bond motifs is 1. The lowest BCUT2D eigenvalue weighted by molar-refractivity contribution is 0.379. The molecule has 1 unspecified atom stereocenters. The topological polar surface area (TPSA) is 79.3 Å². The van der Waals surface area contributed by atoms with E-state index in [-0.39, 0.29) is 0 Å². The Hall–Kier alpha value is -1.12. The number of aromatic nitrogens is 2. The second-order valence-electron chi connectivity index (χ2n) is 5.46. The summed E-state index contributed by atoms with van der Waals surface area (Å²) in [5.74, 6) is 1.59. The number of anilines is 1. The van der Waals surface area contributed by atoms with E-state index in [1.54, 1.807) is 0 Å². The molecule has 1 aromatic rings. The first-order chi connectivity index (χ1) is 10.0. The number of nitrogens with zero attached hydrogens (tertiary/aromatic N) is 3. The Kier molecular flexibility index (Phi) is 5.60. The van der Waals surface area contributed by atoms with Gasteiger partial charge in [-0.2, -0.15) is 5.10 Å². The zero-order valence-electron chi connectivity index (χ0n) is 12.7. The number of hydrogen-bond donors (Lipinski definition) is 2. The summed E-state index contributed by atoms with van der Waals surface area (Å²) in [6.45, 7) is 6.59. The van der Waals surface area contributed by atoms with Crippen LogP contribution >= 0.6 is 0 Å². The molecule has 0 bridgehead atoms. The van der Waals surface area contributed by atoms with Gasteiger partial charge >= 0.3 is 0 Å². The van der Waals surface area contributed by atoms with Crippen molar-refractivity contribution in [1.29, 1.82) is 0 Å². The number of nitrogens with one attached hydrogen (secondary N) is 2. The molecule has 0 saturated carbocycles. The third-order valence-corrected chi connectivity index (χ3v) is 5.11. The Bertz CT molecular complexity index is 543. The van der Waals surface area contributed by atoms with Crippen molar-refractivity contribution in [2.75, 3.05) is 44.3 Å². The highest BCUT2D eigenvalue weighted by atomic mass is 32.2. The average molecular weight is 315 g/mol. The predicted molar refractivity (Wildman–Crippen MR) is 83.8 cm³/mol. The minimum Gasteiger partial charge on any atom is -0.370 e. The molecule has 1 aliphatic rings. The van der Waals surface area contributed by atoms with E-state index in [2.05, 4.69) is 15.7 Å². The maximum absolute atomic E-state index is 11.5. The van der Waals surface area contributed by atoms with Gasteiger partial charge in [-0.3, -0.25) is 0 Å². The van der Waals surface area contributed by atoms with Gasteiger partial charge in [-0.15, -0.1) is 0 Å². The maximum atomic E-state index is 11.5. The Labute approximate surface area is 126 Å². The van der Waals surface area contributed by atoms with Crippen LogP contribution in [0.25, 0.3) is 0 Å². The van der Waals surface area contributed by atoms with Gasteiger partial charge in [0, 0.05) is 44.7 Å². The molecule has 0 aliphatic carbocycles. The molecule has 120 valence electrons. The molecule has 2 rings (SSSR count). The van der Waals surface area contributed by atoms with Crippen LogP contribution < -0.4 is 10.6 Å². The first-order valence-electron chi connectivity index (χ1n) is 7.42. The Morgan fingerprint density at radius 3 is 3.10 bits per heavy atom. The molecule has 0 fully saturated rings. The summed E-state index contributed by atoms with van der Waals surface area (Å²) < 4.78 is 26.4. The Balaban J connectivity index is 1.63. The van der Waals surface area contributed by atoms with Gasteiger partial charge < -0.3 is 10.6 Å². The Morgan fingerprint density at radius 2 is 2.38 bits per heavy atom. The second-order valence-corrected chi connectivity index (χ2v) is 7.44. The largest absolute Gasteiger partial charge is 0.370 e. The summed E-state index contributed by atoms with van der Waals surface area (Å²) in [5.41, 5.74) is 0. The van der Waals surface area contributed by atoms with Gasteiger partial charge in [0.15, 0.2) is 0 Å². The normalized spacial score (nSPS) is 18.5. The highest BCUT2D eigenvalue weighted by Gasteiger charge is 2.18. The minimum absolute atomic E-state index is 0.509.